The summed E-state index contributed by atoms with van der Waals surface area (Å²) in [5.41, 5.74) is 1.38. The largest absolute Gasteiger partial charge is 0.300 e. The molecule has 0 aromatic carbocycles. The van der Waals surface area contributed by atoms with Gasteiger partial charge in [0.25, 0.3) is 0 Å². The van der Waals surface area contributed by atoms with Gasteiger partial charge < -0.3 is 0 Å². The second-order valence-electron chi connectivity index (χ2n) is 6.40. The third-order valence-electron chi connectivity index (χ3n) is 4.10. The molecule has 2 atom stereocenters. The predicted octanol–water partition coefficient (Wildman–Crippen LogP) is 5.93. The van der Waals surface area contributed by atoms with Crippen LogP contribution in [0.4, 0.5) is 0 Å². The second-order valence-corrected chi connectivity index (χ2v) is 6.40. The Kier molecular flexibility index (Phi) is 10.9. The molecule has 0 saturated carbocycles. The second kappa shape index (κ2) is 11.3. The summed E-state index contributed by atoms with van der Waals surface area (Å²) in [6, 6.07) is 0. The SMILES string of the molecule is CCC(C)CCCC(C)CCC/C(C)=C\CC(C)=O. The van der Waals surface area contributed by atoms with Crippen LogP contribution in [0.15, 0.2) is 11.6 Å². The Labute approximate surface area is 120 Å². The number of carbonyl (C=O) groups excluding carboxylic acids is 1. The van der Waals surface area contributed by atoms with E-state index in [1.165, 1.54) is 44.1 Å². The fourth-order valence-electron chi connectivity index (χ4n) is 2.31. The van der Waals surface area contributed by atoms with Gasteiger partial charge in [-0.2, -0.15) is 0 Å². The lowest BCUT2D eigenvalue weighted by atomic mass is 9.93. The maximum atomic E-state index is 10.9. The van der Waals surface area contributed by atoms with Crippen molar-refractivity contribution in [3.8, 4) is 0 Å². The minimum Gasteiger partial charge on any atom is -0.300 e. The predicted molar refractivity (Wildman–Crippen MR) is 85.4 cm³/mol. The Balaban J connectivity index is 3.59. The van der Waals surface area contributed by atoms with Crippen molar-refractivity contribution in [2.24, 2.45) is 11.8 Å². The van der Waals surface area contributed by atoms with E-state index in [2.05, 4.69) is 33.8 Å². The molecule has 2 unspecified atom stereocenters. The molecule has 0 aromatic heterocycles. The summed E-state index contributed by atoms with van der Waals surface area (Å²) >= 11 is 0. The summed E-state index contributed by atoms with van der Waals surface area (Å²) in [5.74, 6) is 2.01. The number of rotatable bonds is 11. The number of ketones is 1. The van der Waals surface area contributed by atoms with Crippen molar-refractivity contribution in [3.63, 3.8) is 0 Å². The molecular weight excluding hydrogens is 232 g/mol. The first-order valence-corrected chi connectivity index (χ1v) is 8.10. The Morgan fingerprint density at radius 2 is 1.58 bits per heavy atom. The third kappa shape index (κ3) is 12.2. The highest BCUT2D eigenvalue weighted by Crippen LogP contribution is 2.20. The molecule has 1 heteroatoms. The van der Waals surface area contributed by atoms with Gasteiger partial charge in [0.05, 0.1) is 0 Å². The monoisotopic (exact) mass is 266 g/mol. The van der Waals surface area contributed by atoms with Crippen molar-refractivity contribution in [2.75, 3.05) is 0 Å². The minimum absolute atomic E-state index is 0.262. The van der Waals surface area contributed by atoms with Crippen molar-refractivity contribution >= 4 is 5.78 Å². The lowest BCUT2D eigenvalue weighted by Crippen LogP contribution is -1.98. The zero-order valence-electron chi connectivity index (χ0n) is 13.8. The molecule has 0 fully saturated rings. The van der Waals surface area contributed by atoms with Crippen LogP contribution < -0.4 is 0 Å². The number of allylic oxidation sites excluding steroid dienone is 2. The van der Waals surface area contributed by atoms with Gasteiger partial charge in [0.1, 0.15) is 5.78 Å². The van der Waals surface area contributed by atoms with Crippen LogP contribution in [0, 0.1) is 11.8 Å². The zero-order chi connectivity index (χ0) is 14.7. The molecule has 1 nitrogen and oxygen atoms in total. The Morgan fingerprint density at radius 3 is 2.16 bits per heavy atom. The van der Waals surface area contributed by atoms with E-state index in [1.807, 2.05) is 0 Å². The van der Waals surface area contributed by atoms with E-state index >= 15 is 0 Å². The van der Waals surface area contributed by atoms with Crippen LogP contribution in [-0.4, -0.2) is 5.78 Å². The van der Waals surface area contributed by atoms with E-state index in [0.717, 1.165) is 18.3 Å². The topological polar surface area (TPSA) is 17.1 Å². The van der Waals surface area contributed by atoms with Crippen molar-refractivity contribution in [2.45, 2.75) is 86.0 Å². The molecule has 0 bridgehead atoms. The molecule has 0 aliphatic rings. The fourth-order valence-corrected chi connectivity index (χ4v) is 2.31. The molecule has 0 N–H and O–H groups in total. The third-order valence-corrected chi connectivity index (χ3v) is 4.10. The first kappa shape index (κ1) is 18.4. The van der Waals surface area contributed by atoms with Crippen LogP contribution in [-0.2, 0) is 4.79 Å². The van der Waals surface area contributed by atoms with Crippen LogP contribution in [0.1, 0.15) is 86.0 Å². The van der Waals surface area contributed by atoms with E-state index in [4.69, 9.17) is 0 Å². The average molecular weight is 266 g/mol. The van der Waals surface area contributed by atoms with E-state index < -0.39 is 0 Å². The molecule has 0 amide bonds. The summed E-state index contributed by atoms with van der Waals surface area (Å²) in [6.45, 7) is 10.8. The first-order chi connectivity index (χ1) is 8.95. The summed E-state index contributed by atoms with van der Waals surface area (Å²) in [7, 11) is 0. The molecule has 0 radical (unpaired) electrons. The molecule has 0 aliphatic carbocycles. The quantitative estimate of drug-likeness (QED) is 0.423. The van der Waals surface area contributed by atoms with Crippen molar-refractivity contribution in [1.29, 1.82) is 0 Å². The number of hydrogen-bond donors (Lipinski definition) is 0. The Bertz CT molecular complexity index is 265. The molecule has 0 heterocycles. The van der Waals surface area contributed by atoms with Crippen LogP contribution in [0.5, 0.6) is 0 Å². The normalized spacial score (nSPS) is 15.3. The number of carbonyl (C=O) groups is 1. The summed E-state index contributed by atoms with van der Waals surface area (Å²) in [4.78, 5) is 10.9. The molecule has 0 spiro atoms. The van der Waals surface area contributed by atoms with Gasteiger partial charge >= 0.3 is 0 Å². The summed E-state index contributed by atoms with van der Waals surface area (Å²) in [5, 5.41) is 0. The first-order valence-electron chi connectivity index (χ1n) is 8.10. The minimum atomic E-state index is 0.262. The average Bonchev–Trinajstić information content (AvgIpc) is 2.36. The molecule has 112 valence electrons. The van der Waals surface area contributed by atoms with Gasteiger partial charge in [0.15, 0.2) is 0 Å². The van der Waals surface area contributed by atoms with Crippen LogP contribution in [0.2, 0.25) is 0 Å². The lowest BCUT2D eigenvalue weighted by molar-refractivity contribution is -0.116. The van der Waals surface area contributed by atoms with Crippen LogP contribution in [0.25, 0.3) is 0 Å². The maximum absolute atomic E-state index is 10.9. The highest BCUT2D eigenvalue weighted by Gasteiger charge is 2.04. The van der Waals surface area contributed by atoms with E-state index in [9.17, 15) is 4.79 Å². The molecule has 19 heavy (non-hydrogen) atoms. The maximum Gasteiger partial charge on any atom is 0.133 e. The lowest BCUT2D eigenvalue weighted by Gasteiger charge is -2.13. The van der Waals surface area contributed by atoms with Gasteiger partial charge in [-0.3, -0.25) is 4.79 Å². The zero-order valence-corrected chi connectivity index (χ0v) is 13.8. The van der Waals surface area contributed by atoms with Gasteiger partial charge in [-0.05, 0) is 38.5 Å². The smallest absolute Gasteiger partial charge is 0.133 e. The van der Waals surface area contributed by atoms with Gasteiger partial charge in [0.2, 0.25) is 0 Å². The van der Waals surface area contributed by atoms with Crippen LogP contribution >= 0.6 is 0 Å². The fraction of sp³-hybridized carbons (Fsp3) is 0.833. The number of Topliss-reactive ketones (excluding diaryl/α,β-unsaturated/α-hetero) is 1. The van der Waals surface area contributed by atoms with E-state index in [0.29, 0.717) is 6.42 Å². The van der Waals surface area contributed by atoms with Gasteiger partial charge in [-0.15, -0.1) is 0 Å². The standard InChI is InChI=1S/C18H34O/c1-6-15(2)9-7-10-16(3)11-8-12-17(4)13-14-18(5)19/h13,15-16H,6-12,14H2,1-5H3/b17-13-. The Hall–Kier alpha value is -0.590. The molecule has 0 saturated heterocycles. The highest BCUT2D eigenvalue weighted by molar-refractivity contribution is 5.77. The van der Waals surface area contributed by atoms with Crippen molar-refractivity contribution < 1.29 is 4.79 Å². The number of hydrogen-bond acceptors (Lipinski definition) is 1. The summed E-state index contributed by atoms with van der Waals surface area (Å²) in [6.07, 6.45) is 11.9. The van der Waals surface area contributed by atoms with E-state index in [-0.39, 0.29) is 5.78 Å². The summed E-state index contributed by atoms with van der Waals surface area (Å²) < 4.78 is 0. The molecule has 0 aromatic rings. The van der Waals surface area contributed by atoms with Gasteiger partial charge in [0, 0.05) is 6.42 Å². The highest BCUT2D eigenvalue weighted by atomic mass is 16.1. The molecular formula is C18H34O. The van der Waals surface area contributed by atoms with Crippen molar-refractivity contribution in [3.05, 3.63) is 11.6 Å². The Morgan fingerprint density at radius 1 is 1.00 bits per heavy atom. The van der Waals surface area contributed by atoms with E-state index in [1.54, 1.807) is 6.92 Å². The van der Waals surface area contributed by atoms with Crippen LogP contribution in [0.3, 0.4) is 0 Å². The van der Waals surface area contributed by atoms with Gasteiger partial charge in [-0.25, -0.2) is 0 Å². The van der Waals surface area contributed by atoms with Crippen molar-refractivity contribution in [1.82, 2.24) is 0 Å². The van der Waals surface area contributed by atoms with Gasteiger partial charge in [-0.1, -0.05) is 64.5 Å². The molecule has 0 rings (SSSR count). The molecule has 0 aliphatic heterocycles.